The van der Waals surface area contributed by atoms with E-state index in [1.54, 1.807) is 0 Å². The van der Waals surface area contributed by atoms with Gasteiger partial charge in [0, 0.05) is 12.1 Å². The minimum Gasteiger partial charge on any atom is -0.394 e. The van der Waals surface area contributed by atoms with Gasteiger partial charge in [0.05, 0.1) is 12.7 Å². The summed E-state index contributed by atoms with van der Waals surface area (Å²) in [5, 5.41) is 33.5. The van der Waals surface area contributed by atoms with Crippen LogP contribution >= 0.6 is 11.3 Å². The summed E-state index contributed by atoms with van der Waals surface area (Å²) in [5.41, 5.74) is 3.34. The van der Waals surface area contributed by atoms with Crippen LogP contribution in [0.5, 0.6) is 0 Å². The van der Waals surface area contributed by atoms with E-state index in [1.807, 2.05) is 12.1 Å². The van der Waals surface area contributed by atoms with Crippen LogP contribution in [0, 0.1) is 0 Å². The standard InChI is InChI=1S/C18H22N4O4S/c23-9-15-13(24)8-14(26-15)16-21-22-18(27-16)20-17(25)19-12-7-3-5-10-4-1-2-6-11(10)12/h3,5,7,13-15,23-24H,1-2,4,6,8-9H2,(H2,19,20,22,25)/t13-,14-,15+/m0/s1. The summed E-state index contributed by atoms with van der Waals surface area (Å²) in [6, 6.07) is 5.63. The van der Waals surface area contributed by atoms with Crippen molar-refractivity contribution < 1.29 is 19.7 Å². The molecule has 27 heavy (non-hydrogen) atoms. The molecule has 0 radical (unpaired) electrons. The summed E-state index contributed by atoms with van der Waals surface area (Å²) in [7, 11) is 0. The van der Waals surface area contributed by atoms with E-state index in [9.17, 15) is 9.90 Å². The maximum atomic E-state index is 12.4. The quantitative estimate of drug-likeness (QED) is 0.636. The van der Waals surface area contributed by atoms with Crippen LogP contribution in [0.25, 0.3) is 0 Å². The zero-order valence-electron chi connectivity index (χ0n) is 14.7. The maximum Gasteiger partial charge on any atom is 0.325 e. The van der Waals surface area contributed by atoms with Gasteiger partial charge in [0.2, 0.25) is 5.13 Å². The van der Waals surface area contributed by atoms with E-state index >= 15 is 0 Å². The zero-order valence-corrected chi connectivity index (χ0v) is 15.5. The number of carbonyl (C=O) groups is 1. The Hall–Kier alpha value is -2.07. The lowest BCUT2D eigenvalue weighted by atomic mass is 9.90. The number of nitrogens with zero attached hydrogens (tertiary/aromatic N) is 2. The average Bonchev–Trinajstić information content (AvgIpc) is 3.28. The monoisotopic (exact) mass is 390 g/mol. The van der Waals surface area contributed by atoms with E-state index in [0.717, 1.165) is 24.9 Å². The molecule has 0 bridgehead atoms. The maximum absolute atomic E-state index is 12.4. The Labute approximate surface area is 160 Å². The highest BCUT2D eigenvalue weighted by Crippen LogP contribution is 2.35. The van der Waals surface area contributed by atoms with Crippen molar-refractivity contribution in [2.24, 2.45) is 0 Å². The summed E-state index contributed by atoms with van der Waals surface area (Å²) < 4.78 is 5.56. The van der Waals surface area contributed by atoms with E-state index in [0.29, 0.717) is 16.6 Å². The van der Waals surface area contributed by atoms with Gasteiger partial charge in [-0.15, -0.1) is 10.2 Å². The molecule has 9 heteroatoms. The first-order valence-electron chi connectivity index (χ1n) is 9.10. The van der Waals surface area contributed by atoms with Gasteiger partial charge in [0.15, 0.2) is 0 Å². The molecule has 3 atom stereocenters. The zero-order chi connectivity index (χ0) is 18.8. The molecule has 2 aliphatic rings. The highest BCUT2D eigenvalue weighted by molar-refractivity contribution is 7.15. The minimum absolute atomic E-state index is 0.245. The van der Waals surface area contributed by atoms with Gasteiger partial charge >= 0.3 is 6.03 Å². The number of aliphatic hydroxyl groups excluding tert-OH is 2. The average molecular weight is 390 g/mol. The number of anilines is 2. The Morgan fingerprint density at radius 1 is 1.26 bits per heavy atom. The van der Waals surface area contributed by atoms with Crippen LogP contribution in [0.3, 0.4) is 0 Å². The number of urea groups is 1. The van der Waals surface area contributed by atoms with E-state index < -0.39 is 18.3 Å². The second-order valence-electron chi connectivity index (χ2n) is 6.82. The lowest BCUT2D eigenvalue weighted by Gasteiger charge is -2.19. The summed E-state index contributed by atoms with van der Waals surface area (Å²) in [6.07, 6.45) is 2.93. The first kappa shape index (κ1) is 18.3. The van der Waals surface area contributed by atoms with Crippen molar-refractivity contribution in [1.82, 2.24) is 10.2 Å². The Kier molecular flexibility index (Phi) is 5.35. The number of benzene rings is 1. The van der Waals surface area contributed by atoms with Crippen molar-refractivity contribution >= 4 is 28.2 Å². The fourth-order valence-corrected chi connectivity index (χ4v) is 4.40. The Balaban J connectivity index is 1.39. The second-order valence-corrected chi connectivity index (χ2v) is 7.83. The molecule has 1 fully saturated rings. The SMILES string of the molecule is O=C(Nc1nnc([C@@H]2C[C@H](O)[C@@H](CO)O2)s1)Nc1cccc2c1CCCC2. The fourth-order valence-electron chi connectivity index (χ4n) is 3.62. The number of amides is 2. The number of ether oxygens (including phenoxy) is 1. The number of carbonyl (C=O) groups excluding carboxylic acids is 1. The predicted octanol–water partition coefficient (Wildman–Crippen LogP) is 2.24. The molecule has 2 amide bonds. The van der Waals surface area contributed by atoms with Crippen molar-refractivity contribution in [1.29, 1.82) is 0 Å². The van der Waals surface area contributed by atoms with Gasteiger partial charge < -0.3 is 20.3 Å². The summed E-state index contributed by atoms with van der Waals surface area (Å²) >= 11 is 1.20. The molecule has 2 aromatic rings. The van der Waals surface area contributed by atoms with Crippen molar-refractivity contribution in [3.05, 3.63) is 34.3 Å². The molecule has 8 nitrogen and oxygen atoms in total. The number of aliphatic hydroxyl groups is 2. The lowest BCUT2D eigenvalue weighted by molar-refractivity contribution is -0.0227. The van der Waals surface area contributed by atoms with E-state index in [-0.39, 0.29) is 12.6 Å². The largest absolute Gasteiger partial charge is 0.394 e. The number of nitrogens with one attached hydrogen (secondary N) is 2. The topological polar surface area (TPSA) is 117 Å². The number of fused-ring (bicyclic) bond motifs is 1. The first-order chi connectivity index (χ1) is 13.1. The third-order valence-electron chi connectivity index (χ3n) is 4.98. The number of aromatic nitrogens is 2. The molecule has 1 aliphatic heterocycles. The third kappa shape index (κ3) is 3.96. The van der Waals surface area contributed by atoms with Crippen LogP contribution in [0.4, 0.5) is 15.6 Å². The molecule has 0 saturated carbocycles. The lowest BCUT2D eigenvalue weighted by Crippen LogP contribution is -2.24. The Morgan fingerprint density at radius 3 is 2.93 bits per heavy atom. The molecular weight excluding hydrogens is 368 g/mol. The Bertz CT molecular complexity index is 827. The molecule has 1 saturated heterocycles. The van der Waals surface area contributed by atoms with Crippen LogP contribution in [0.2, 0.25) is 0 Å². The van der Waals surface area contributed by atoms with Gasteiger partial charge in [-0.3, -0.25) is 5.32 Å². The predicted molar refractivity (Wildman–Crippen MR) is 101 cm³/mol. The summed E-state index contributed by atoms with van der Waals surface area (Å²) in [5.74, 6) is 0. The smallest absolute Gasteiger partial charge is 0.325 e. The van der Waals surface area contributed by atoms with Crippen LogP contribution in [0.1, 0.15) is 41.5 Å². The van der Waals surface area contributed by atoms with Crippen LogP contribution in [0.15, 0.2) is 18.2 Å². The molecule has 4 N–H and O–H groups in total. The minimum atomic E-state index is -0.729. The second kappa shape index (κ2) is 7.89. The molecule has 2 heterocycles. The summed E-state index contributed by atoms with van der Waals surface area (Å²) in [6.45, 7) is -0.245. The van der Waals surface area contributed by atoms with Gasteiger partial charge in [0.1, 0.15) is 17.2 Å². The number of rotatable bonds is 4. The van der Waals surface area contributed by atoms with Gasteiger partial charge in [-0.05, 0) is 42.9 Å². The number of hydrogen-bond acceptors (Lipinski definition) is 7. The van der Waals surface area contributed by atoms with E-state index in [1.165, 1.54) is 28.9 Å². The van der Waals surface area contributed by atoms with Crippen LogP contribution in [-0.4, -0.2) is 45.3 Å². The normalized spacial score (nSPS) is 24.4. The van der Waals surface area contributed by atoms with Gasteiger partial charge in [-0.1, -0.05) is 23.5 Å². The Morgan fingerprint density at radius 2 is 2.11 bits per heavy atom. The van der Waals surface area contributed by atoms with Crippen molar-refractivity contribution in [2.45, 2.75) is 50.4 Å². The highest BCUT2D eigenvalue weighted by atomic mass is 32.1. The molecule has 144 valence electrons. The van der Waals surface area contributed by atoms with E-state index in [4.69, 9.17) is 9.84 Å². The number of hydrogen-bond donors (Lipinski definition) is 4. The molecule has 1 aromatic carbocycles. The highest BCUT2D eigenvalue weighted by Gasteiger charge is 2.36. The molecule has 1 aliphatic carbocycles. The van der Waals surface area contributed by atoms with Crippen LogP contribution in [-0.2, 0) is 17.6 Å². The van der Waals surface area contributed by atoms with Crippen LogP contribution < -0.4 is 10.6 Å². The fraction of sp³-hybridized carbons (Fsp3) is 0.500. The summed E-state index contributed by atoms with van der Waals surface area (Å²) in [4.78, 5) is 12.4. The van der Waals surface area contributed by atoms with Gasteiger partial charge in [-0.2, -0.15) is 0 Å². The van der Waals surface area contributed by atoms with Gasteiger partial charge in [0.25, 0.3) is 0 Å². The molecule has 1 aromatic heterocycles. The van der Waals surface area contributed by atoms with Gasteiger partial charge in [-0.25, -0.2) is 4.79 Å². The number of aryl methyl sites for hydroxylation is 1. The first-order valence-corrected chi connectivity index (χ1v) is 9.92. The third-order valence-corrected chi connectivity index (χ3v) is 5.92. The molecular formula is C18H22N4O4S. The van der Waals surface area contributed by atoms with E-state index in [2.05, 4.69) is 26.9 Å². The molecule has 4 rings (SSSR count). The molecule has 0 unspecified atom stereocenters. The molecule has 0 spiro atoms. The van der Waals surface area contributed by atoms with Crippen molar-refractivity contribution in [2.75, 3.05) is 17.2 Å². The van der Waals surface area contributed by atoms with Crippen molar-refractivity contribution in [3.8, 4) is 0 Å². The van der Waals surface area contributed by atoms with Crippen molar-refractivity contribution in [3.63, 3.8) is 0 Å².